The molecular weight excluding hydrogens is 260 g/mol. The molecule has 2 unspecified atom stereocenters. The molecule has 0 amide bonds. The summed E-state index contributed by atoms with van der Waals surface area (Å²) in [6, 6.07) is 0.548. The smallest absolute Gasteiger partial charge is 0.138 e. The second-order valence-electron chi connectivity index (χ2n) is 7.53. The highest BCUT2D eigenvalue weighted by Gasteiger charge is 2.28. The molecule has 0 radical (unpaired) electrons. The zero-order valence-corrected chi connectivity index (χ0v) is 14.6. The fourth-order valence-corrected chi connectivity index (χ4v) is 2.95. The van der Waals surface area contributed by atoms with Gasteiger partial charge in [0.05, 0.1) is 0 Å². The van der Waals surface area contributed by atoms with Crippen LogP contribution in [0.5, 0.6) is 0 Å². The van der Waals surface area contributed by atoms with Crippen molar-refractivity contribution in [3.05, 3.63) is 11.4 Å². The van der Waals surface area contributed by atoms with E-state index in [9.17, 15) is 0 Å². The lowest BCUT2D eigenvalue weighted by molar-refractivity contribution is 0.386. The van der Waals surface area contributed by atoms with Gasteiger partial charge in [0, 0.05) is 30.6 Å². The van der Waals surface area contributed by atoms with Gasteiger partial charge >= 0.3 is 0 Å². The Kier molecular flexibility index (Phi) is 4.45. The lowest BCUT2D eigenvalue weighted by Crippen LogP contribution is -2.42. The molecule has 2 atom stereocenters. The van der Waals surface area contributed by atoms with Gasteiger partial charge < -0.3 is 10.2 Å². The summed E-state index contributed by atoms with van der Waals surface area (Å²) in [5, 5.41) is 3.24. The van der Waals surface area contributed by atoms with Crippen LogP contribution in [0, 0.1) is 12.8 Å². The van der Waals surface area contributed by atoms with Crippen molar-refractivity contribution in [3.8, 4) is 0 Å². The van der Waals surface area contributed by atoms with Gasteiger partial charge in [-0.05, 0) is 32.6 Å². The Morgan fingerprint density at radius 3 is 2.38 bits per heavy atom. The summed E-state index contributed by atoms with van der Waals surface area (Å²) in [4.78, 5) is 12.1. The Morgan fingerprint density at radius 1 is 1.14 bits per heavy atom. The first kappa shape index (κ1) is 16.1. The van der Waals surface area contributed by atoms with Gasteiger partial charge in [-0.3, -0.25) is 0 Å². The summed E-state index contributed by atoms with van der Waals surface area (Å²) in [5.74, 6) is 3.71. The SMILES string of the molecule is CNc1nc(C(C)(C)C)nc(N2CC(C)CCC2C)c1C. The minimum atomic E-state index is -0.0430. The number of rotatable bonds is 2. The number of hydrogen-bond donors (Lipinski definition) is 1. The van der Waals surface area contributed by atoms with Crippen LogP contribution in [0.4, 0.5) is 11.6 Å². The average molecular weight is 290 g/mol. The Labute approximate surface area is 129 Å². The monoisotopic (exact) mass is 290 g/mol. The van der Waals surface area contributed by atoms with E-state index >= 15 is 0 Å². The zero-order valence-electron chi connectivity index (χ0n) is 14.6. The molecule has 1 aromatic rings. The summed E-state index contributed by atoms with van der Waals surface area (Å²) in [6.07, 6.45) is 2.55. The molecule has 0 aromatic carbocycles. The topological polar surface area (TPSA) is 41.1 Å². The fraction of sp³-hybridized carbons (Fsp3) is 0.765. The highest BCUT2D eigenvalue weighted by molar-refractivity contribution is 5.59. The largest absolute Gasteiger partial charge is 0.373 e. The Hall–Kier alpha value is -1.32. The standard InChI is InChI=1S/C17H30N4/c1-11-8-9-12(2)21(10-11)15-13(3)14(18-7)19-16(20-15)17(4,5)6/h11-12H,8-10H2,1-7H3,(H,18,19,20). The van der Waals surface area contributed by atoms with Gasteiger partial charge in [0.15, 0.2) is 0 Å². The second kappa shape index (κ2) is 5.82. The van der Waals surface area contributed by atoms with Crippen LogP contribution >= 0.6 is 0 Å². The third-order valence-electron chi connectivity index (χ3n) is 4.42. The quantitative estimate of drug-likeness (QED) is 0.900. The highest BCUT2D eigenvalue weighted by atomic mass is 15.2. The molecular formula is C17H30N4. The minimum Gasteiger partial charge on any atom is -0.373 e. The van der Waals surface area contributed by atoms with Crippen molar-refractivity contribution in [3.63, 3.8) is 0 Å². The highest BCUT2D eigenvalue weighted by Crippen LogP contribution is 2.33. The average Bonchev–Trinajstić information content (AvgIpc) is 2.40. The van der Waals surface area contributed by atoms with Crippen molar-refractivity contribution in [2.24, 2.45) is 5.92 Å². The molecule has 1 N–H and O–H groups in total. The van der Waals surface area contributed by atoms with Gasteiger partial charge in [0.2, 0.25) is 0 Å². The van der Waals surface area contributed by atoms with Gasteiger partial charge in [-0.25, -0.2) is 9.97 Å². The number of aromatic nitrogens is 2. The van der Waals surface area contributed by atoms with Crippen molar-refractivity contribution >= 4 is 11.6 Å². The number of nitrogens with one attached hydrogen (secondary N) is 1. The molecule has 4 nitrogen and oxygen atoms in total. The molecule has 1 saturated heterocycles. The molecule has 4 heteroatoms. The Morgan fingerprint density at radius 2 is 1.81 bits per heavy atom. The van der Waals surface area contributed by atoms with Gasteiger partial charge in [0.25, 0.3) is 0 Å². The van der Waals surface area contributed by atoms with E-state index in [1.54, 1.807) is 0 Å². The summed E-state index contributed by atoms with van der Waals surface area (Å²) >= 11 is 0. The van der Waals surface area contributed by atoms with Crippen LogP contribution in [-0.4, -0.2) is 29.6 Å². The summed E-state index contributed by atoms with van der Waals surface area (Å²) in [5.41, 5.74) is 1.12. The zero-order chi connectivity index (χ0) is 15.8. The maximum atomic E-state index is 4.94. The van der Waals surface area contributed by atoms with E-state index in [0.717, 1.165) is 35.5 Å². The molecule has 118 valence electrons. The van der Waals surface area contributed by atoms with Crippen LogP contribution in [0.25, 0.3) is 0 Å². The lowest BCUT2D eigenvalue weighted by atomic mass is 9.93. The summed E-state index contributed by atoms with van der Waals surface area (Å²) in [7, 11) is 1.94. The van der Waals surface area contributed by atoms with E-state index in [4.69, 9.17) is 9.97 Å². The number of piperidine rings is 1. The first-order chi connectivity index (χ1) is 9.74. The van der Waals surface area contributed by atoms with Crippen LogP contribution in [0.2, 0.25) is 0 Å². The molecule has 1 fully saturated rings. The Balaban J connectivity index is 2.51. The first-order valence-corrected chi connectivity index (χ1v) is 8.07. The molecule has 2 heterocycles. The third-order valence-corrected chi connectivity index (χ3v) is 4.42. The lowest BCUT2D eigenvalue weighted by Gasteiger charge is -2.39. The van der Waals surface area contributed by atoms with Crippen molar-refractivity contribution in [2.45, 2.75) is 65.8 Å². The molecule has 1 aliphatic heterocycles. The molecule has 2 rings (SSSR count). The molecule has 0 bridgehead atoms. The normalized spacial score (nSPS) is 23.3. The first-order valence-electron chi connectivity index (χ1n) is 8.07. The molecule has 0 spiro atoms. The van der Waals surface area contributed by atoms with E-state index in [0.29, 0.717) is 6.04 Å². The minimum absolute atomic E-state index is 0.0430. The van der Waals surface area contributed by atoms with Gasteiger partial charge in [-0.1, -0.05) is 27.7 Å². The number of hydrogen-bond acceptors (Lipinski definition) is 4. The predicted molar refractivity (Wildman–Crippen MR) is 90.2 cm³/mol. The van der Waals surface area contributed by atoms with E-state index in [1.165, 1.54) is 12.8 Å². The van der Waals surface area contributed by atoms with Crippen molar-refractivity contribution in [1.29, 1.82) is 0 Å². The molecule has 0 saturated carbocycles. The van der Waals surface area contributed by atoms with E-state index in [1.807, 2.05) is 7.05 Å². The fourth-order valence-electron chi connectivity index (χ4n) is 2.95. The van der Waals surface area contributed by atoms with Crippen molar-refractivity contribution in [1.82, 2.24) is 9.97 Å². The van der Waals surface area contributed by atoms with Crippen LogP contribution in [0.3, 0.4) is 0 Å². The summed E-state index contributed by atoms with van der Waals surface area (Å²) < 4.78 is 0. The van der Waals surface area contributed by atoms with E-state index < -0.39 is 0 Å². The second-order valence-corrected chi connectivity index (χ2v) is 7.53. The van der Waals surface area contributed by atoms with Gasteiger partial charge in [0.1, 0.15) is 17.5 Å². The van der Waals surface area contributed by atoms with Gasteiger partial charge in [-0.15, -0.1) is 0 Å². The molecule has 21 heavy (non-hydrogen) atoms. The van der Waals surface area contributed by atoms with Crippen molar-refractivity contribution in [2.75, 3.05) is 23.8 Å². The maximum Gasteiger partial charge on any atom is 0.138 e. The molecule has 1 aliphatic rings. The molecule has 0 aliphatic carbocycles. The summed E-state index contributed by atoms with van der Waals surface area (Å²) in [6.45, 7) is 14.4. The predicted octanol–water partition coefficient (Wildman–Crippen LogP) is 3.75. The van der Waals surface area contributed by atoms with Crippen molar-refractivity contribution < 1.29 is 0 Å². The van der Waals surface area contributed by atoms with Gasteiger partial charge in [-0.2, -0.15) is 0 Å². The maximum absolute atomic E-state index is 4.94. The van der Waals surface area contributed by atoms with Crippen LogP contribution < -0.4 is 10.2 Å². The number of anilines is 2. The van der Waals surface area contributed by atoms with Crippen LogP contribution in [-0.2, 0) is 5.41 Å². The Bertz CT molecular complexity index is 504. The molecule has 1 aromatic heterocycles. The van der Waals surface area contributed by atoms with E-state index in [2.05, 4.69) is 51.8 Å². The van der Waals surface area contributed by atoms with E-state index in [-0.39, 0.29) is 5.41 Å². The van der Waals surface area contributed by atoms with Crippen LogP contribution in [0.15, 0.2) is 0 Å². The third kappa shape index (κ3) is 3.30. The number of nitrogens with zero attached hydrogens (tertiary/aromatic N) is 3. The van der Waals surface area contributed by atoms with Crippen LogP contribution in [0.1, 0.15) is 58.8 Å².